The number of nitrogen functional groups attached to an aromatic ring is 1. The minimum atomic E-state index is -3.37. The Balaban J connectivity index is 1.80. The highest BCUT2D eigenvalue weighted by Gasteiger charge is 2.41. The number of nitrogens with two attached hydrogens (primary N) is 1. The van der Waals surface area contributed by atoms with Gasteiger partial charge in [-0.2, -0.15) is 4.37 Å². The van der Waals surface area contributed by atoms with Crippen LogP contribution < -0.4 is 11.1 Å². The summed E-state index contributed by atoms with van der Waals surface area (Å²) in [5.74, 6) is 0.0866. The first-order valence-electron chi connectivity index (χ1n) is 6.84. The van der Waals surface area contributed by atoms with Crippen LogP contribution in [0.1, 0.15) is 19.3 Å². The van der Waals surface area contributed by atoms with E-state index < -0.39 is 15.4 Å². The zero-order chi connectivity index (χ0) is 15.1. The lowest BCUT2D eigenvalue weighted by Gasteiger charge is -2.26. The molecule has 0 spiro atoms. The summed E-state index contributed by atoms with van der Waals surface area (Å²) in [5.41, 5.74) is 5.35. The van der Waals surface area contributed by atoms with Crippen molar-refractivity contribution >= 4 is 32.2 Å². The Labute approximate surface area is 127 Å². The average Bonchev–Trinajstić information content (AvgIpc) is 3.11. The molecule has 1 aliphatic heterocycles. The fraction of sp³-hybridized carbons (Fsp3) is 0.750. The number of nitrogens with zero attached hydrogens (tertiary/aromatic N) is 1. The van der Waals surface area contributed by atoms with Crippen molar-refractivity contribution in [2.45, 2.75) is 35.0 Å². The van der Waals surface area contributed by atoms with Gasteiger partial charge in [0.05, 0.1) is 11.9 Å². The maximum atomic E-state index is 12.4. The monoisotopic (exact) mass is 333 g/mol. The number of hydrogen-bond donors (Lipinski definition) is 2. The largest absolute Gasteiger partial charge is 0.382 e. The maximum absolute atomic E-state index is 12.4. The fourth-order valence-corrected chi connectivity index (χ4v) is 5.31. The predicted octanol–water partition coefficient (Wildman–Crippen LogP) is 0.879. The fourth-order valence-electron chi connectivity index (χ4n) is 2.43. The SMILES string of the molecule is COC1(CNc2snc(N)c2S(=O)(=O)C2CC2)CCOC1. The van der Waals surface area contributed by atoms with Gasteiger partial charge in [-0.3, -0.25) is 0 Å². The van der Waals surface area contributed by atoms with Crippen LogP contribution >= 0.6 is 11.5 Å². The summed E-state index contributed by atoms with van der Waals surface area (Å²) in [6, 6.07) is 0. The van der Waals surface area contributed by atoms with Crippen LogP contribution in [0.5, 0.6) is 0 Å². The smallest absolute Gasteiger partial charge is 0.187 e. The van der Waals surface area contributed by atoms with Crippen molar-refractivity contribution in [3.63, 3.8) is 0 Å². The summed E-state index contributed by atoms with van der Waals surface area (Å²) in [6.07, 6.45) is 2.18. The molecular formula is C12H19N3O4S2. The number of aromatic nitrogens is 1. The zero-order valence-corrected chi connectivity index (χ0v) is 13.4. The number of methoxy groups -OCH3 is 1. The highest BCUT2D eigenvalue weighted by atomic mass is 32.2. The van der Waals surface area contributed by atoms with Crippen molar-refractivity contribution in [2.24, 2.45) is 0 Å². The molecule has 1 saturated carbocycles. The summed E-state index contributed by atoms with van der Waals surface area (Å²) in [6.45, 7) is 1.61. The minimum absolute atomic E-state index is 0.0866. The van der Waals surface area contributed by atoms with Crippen LogP contribution in [-0.2, 0) is 19.3 Å². The second-order valence-corrected chi connectivity index (χ2v) is 8.45. The third kappa shape index (κ3) is 2.75. The van der Waals surface area contributed by atoms with E-state index in [1.807, 2.05) is 0 Å². The summed E-state index contributed by atoms with van der Waals surface area (Å²) in [7, 11) is -1.73. The van der Waals surface area contributed by atoms with Crippen LogP contribution in [0.15, 0.2) is 4.90 Å². The quantitative estimate of drug-likeness (QED) is 0.796. The van der Waals surface area contributed by atoms with E-state index in [4.69, 9.17) is 15.2 Å². The molecule has 7 nitrogen and oxygen atoms in total. The summed E-state index contributed by atoms with van der Waals surface area (Å²) in [4.78, 5) is 0.153. The van der Waals surface area contributed by atoms with Crippen LogP contribution in [0.2, 0.25) is 0 Å². The number of anilines is 2. The van der Waals surface area contributed by atoms with E-state index in [0.29, 0.717) is 37.6 Å². The topological polar surface area (TPSA) is 104 Å². The third-order valence-electron chi connectivity index (χ3n) is 3.99. The first kappa shape index (κ1) is 15.0. The van der Waals surface area contributed by atoms with Gasteiger partial charge in [-0.1, -0.05) is 0 Å². The molecule has 0 aromatic carbocycles. The van der Waals surface area contributed by atoms with Gasteiger partial charge in [0.1, 0.15) is 15.5 Å². The van der Waals surface area contributed by atoms with Crippen molar-refractivity contribution in [3.05, 3.63) is 0 Å². The Morgan fingerprint density at radius 2 is 2.33 bits per heavy atom. The van der Waals surface area contributed by atoms with Gasteiger partial charge in [0, 0.05) is 26.7 Å². The van der Waals surface area contributed by atoms with E-state index >= 15 is 0 Å². The van der Waals surface area contributed by atoms with Gasteiger partial charge in [0.2, 0.25) is 0 Å². The highest BCUT2D eigenvalue weighted by molar-refractivity contribution is 7.92. The molecule has 1 unspecified atom stereocenters. The molecule has 21 heavy (non-hydrogen) atoms. The highest BCUT2D eigenvalue weighted by Crippen LogP contribution is 2.41. The van der Waals surface area contributed by atoms with Gasteiger partial charge in [-0.25, -0.2) is 8.42 Å². The molecule has 1 saturated heterocycles. The van der Waals surface area contributed by atoms with Gasteiger partial charge >= 0.3 is 0 Å². The van der Waals surface area contributed by atoms with Gasteiger partial charge in [-0.05, 0) is 24.4 Å². The molecule has 0 amide bonds. The van der Waals surface area contributed by atoms with E-state index in [-0.39, 0.29) is 16.0 Å². The van der Waals surface area contributed by atoms with E-state index in [0.717, 1.165) is 18.0 Å². The standard InChI is InChI=1S/C12H19N3O4S2/c1-18-12(4-5-19-7-12)6-14-11-9(10(13)15-20-11)21(16,17)8-2-3-8/h8,14H,2-7H2,1H3,(H2,13,15). The minimum Gasteiger partial charge on any atom is -0.382 e. The Morgan fingerprint density at radius 3 is 2.90 bits per heavy atom. The Kier molecular flexibility index (Phi) is 3.85. The lowest BCUT2D eigenvalue weighted by molar-refractivity contribution is -0.00618. The van der Waals surface area contributed by atoms with E-state index in [2.05, 4.69) is 9.69 Å². The van der Waals surface area contributed by atoms with Gasteiger partial charge in [-0.15, -0.1) is 0 Å². The molecular weight excluding hydrogens is 314 g/mol. The molecule has 0 bridgehead atoms. The number of hydrogen-bond acceptors (Lipinski definition) is 8. The lowest BCUT2D eigenvalue weighted by atomic mass is 10.0. The number of nitrogens with one attached hydrogen (secondary N) is 1. The number of rotatable bonds is 6. The second kappa shape index (κ2) is 5.38. The van der Waals surface area contributed by atoms with Crippen LogP contribution in [0.4, 0.5) is 10.8 Å². The number of sulfone groups is 1. The van der Waals surface area contributed by atoms with Crippen molar-refractivity contribution in [3.8, 4) is 0 Å². The first-order valence-corrected chi connectivity index (χ1v) is 9.16. The van der Waals surface area contributed by atoms with Gasteiger partial charge in [0.15, 0.2) is 15.7 Å². The molecule has 3 rings (SSSR count). The Hall–Kier alpha value is -0.900. The summed E-state index contributed by atoms with van der Waals surface area (Å²) in [5, 5.41) is 3.35. The molecule has 9 heteroatoms. The molecule has 2 heterocycles. The van der Waals surface area contributed by atoms with Crippen molar-refractivity contribution in [2.75, 3.05) is 37.9 Å². The van der Waals surface area contributed by atoms with E-state index in [1.165, 1.54) is 0 Å². The van der Waals surface area contributed by atoms with Crippen LogP contribution in [0, 0.1) is 0 Å². The van der Waals surface area contributed by atoms with Gasteiger partial charge in [0.25, 0.3) is 0 Å². The number of ether oxygens (including phenoxy) is 2. The Bertz CT molecular complexity index is 618. The second-order valence-electron chi connectivity index (χ2n) is 5.51. The molecule has 3 N–H and O–H groups in total. The Morgan fingerprint density at radius 1 is 1.57 bits per heavy atom. The third-order valence-corrected chi connectivity index (χ3v) is 7.27. The molecule has 1 atom stereocenters. The van der Waals surface area contributed by atoms with Crippen LogP contribution in [0.25, 0.3) is 0 Å². The predicted molar refractivity (Wildman–Crippen MR) is 80.4 cm³/mol. The van der Waals surface area contributed by atoms with Crippen molar-refractivity contribution < 1.29 is 17.9 Å². The molecule has 2 fully saturated rings. The van der Waals surface area contributed by atoms with E-state index in [1.54, 1.807) is 7.11 Å². The molecule has 118 valence electrons. The molecule has 0 radical (unpaired) electrons. The summed E-state index contributed by atoms with van der Waals surface area (Å²) < 4.78 is 39.8. The van der Waals surface area contributed by atoms with Crippen molar-refractivity contribution in [1.82, 2.24) is 4.37 Å². The normalized spacial score (nSPS) is 26.1. The average molecular weight is 333 g/mol. The van der Waals surface area contributed by atoms with Crippen molar-refractivity contribution in [1.29, 1.82) is 0 Å². The molecule has 1 aromatic heterocycles. The van der Waals surface area contributed by atoms with Crippen LogP contribution in [0.3, 0.4) is 0 Å². The summed E-state index contributed by atoms with van der Waals surface area (Å²) >= 11 is 1.08. The maximum Gasteiger partial charge on any atom is 0.187 e. The first-order chi connectivity index (χ1) is 9.98. The van der Waals surface area contributed by atoms with E-state index in [9.17, 15) is 8.42 Å². The lowest BCUT2D eigenvalue weighted by Crippen LogP contribution is -2.39. The van der Waals surface area contributed by atoms with Gasteiger partial charge < -0.3 is 20.5 Å². The molecule has 2 aliphatic rings. The molecule has 1 aliphatic carbocycles. The van der Waals surface area contributed by atoms with Crippen LogP contribution in [-0.4, -0.2) is 50.5 Å². The zero-order valence-electron chi connectivity index (χ0n) is 11.8. The molecule has 1 aromatic rings.